The van der Waals surface area contributed by atoms with Crippen LogP contribution in [0.2, 0.25) is 5.02 Å². The van der Waals surface area contributed by atoms with Crippen LogP contribution in [0.15, 0.2) is 78.9 Å². The van der Waals surface area contributed by atoms with Crippen LogP contribution in [0, 0.1) is 0 Å². The normalized spacial score (nSPS) is 15.2. The molecule has 4 rings (SSSR count). The predicted molar refractivity (Wildman–Crippen MR) is 138 cm³/mol. The van der Waals surface area contributed by atoms with Crippen molar-refractivity contribution in [3.8, 4) is 0 Å². The highest BCUT2D eigenvalue weighted by molar-refractivity contribution is 6.30. The average molecular weight is 463 g/mol. The van der Waals surface area contributed by atoms with Crippen molar-refractivity contribution in [2.24, 2.45) is 0 Å². The minimum Gasteiger partial charge on any atom is -0.378 e. The fourth-order valence-corrected chi connectivity index (χ4v) is 4.40. The zero-order chi connectivity index (χ0) is 23.2. The Labute approximate surface area is 201 Å². The average Bonchev–Trinajstić information content (AvgIpc) is 2.85. The Morgan fingerprint density at radius 3 is 2.15 bits per heavy atom. The summed E-state index contributed by atoms with van der Waals surface area (Å²) >= 11 is 5.97. The molecule has 1 heterocycles. The highest BCUT2D eigenvalue weighted by Crippen LogP contribution is 2.26. The molecule has 6 heteroatoms. The summed E-state index contributed by atoms with van der Waals surface area (Å²) in [7, 11) is 4.09. The number of nitrogens with one attached hydrogen (secondary N) is 1. The molecule has 1 unspecified atom stereocenters. The van der Waals surface area contributed by atoms with Gasteiger partial charge in [-0.1, -0.05) is 41.9 Å². The number of carbonyl (C=O) groups excluding carboxylic acids is 1. The smallest absolute Gasteiger partial charge is 0.251 e. The van der Waals surface area contributed by atoms with Crippen molar-refractivity contribution in [1.82, 2.24) is 10.2 Å². The lowest BCUT2D eigenvalue weighted by molar-refractivity contribution is 0.0930. The van der Waals surface area contributed by atoms with Crippen LogP contribution < -0.4 is 15.1 Å². The summed E-state index contributed by atoms with van der Waals surface area (Å²) in [5, 5.41) is 3.77. The first-order valence-electron chi connectivity index (χ1n) is 11.4. The lowest BCUT2D eigenvalue weighted by Crippen LogP contribution is -2.50. The number of anilines is 2. The monoisotopic (exact) mass is 462 g/mol. The molecular formula is C27H31ClN4O. The number of nitrogens with zero attached hydrogens (tertiary/aromatic N) is 3. The Morgan fingerprint density at radius 2 is 1.55 bits per heavy atom. The molecule has 1 aliphatic rings. The van der Waals surface area contributed by atoms with Crippen molar-refractivity contribution < 1.29 is 4.79 Å². The second-order valence-electron chi connectivity index (χ2n) is 8.58. The summed E-state index contributed by atoms with van der Waals surface area (Å²) < 4.78 is 0. The van der Waals surface area contributed by atoms with Gasteiger partial charge in [-0.3, -0.25) is 9.69 Å². The van der Waals surface area contributed by atoms with Crippen LogP contribution in [-0.4, -0.2) is 57.6 Å². The number of rotatable bonds is 7. The quantitative estimate of drug-likeness (QED) is 0.552. The van der Waals surface area contributed by atoms with Crippen LogP contribution in [0.5, 0.6) is 0 Å². The third-order valence-corrected chi connectivity index (χ3v) is 6.48. The van der Waals surface area contributed by atoms with Crippen LogP contribution in [0.1, 0.15) is 22.0 Å². The Morgan fingerprint density at radius 1 is 0.909 bits per heavy atom. The van der Waals surface area contributed by atoms with Crippen molar-refractivity contribution in [3.63, 3.8) is 0 Å². The number of carbonyl (C=O) groups is 1. The molecule has 1 amide bonds. The second-order valence-corrected chi connectivity index (χ2v) is 9.01. The van der Waals surface area contributed by atoms with Gasteiger partial charge >= 0.3 is 0 Å². The maximum Gasteiger partial charge on any atom is 0.251 e. The standard InChI is InChI=1S/C27H31ClN4O/c1-30(2)24-14-10-21(11-15-24)26(20-29-27(33)22-8-12-23(28)13-9-22)32-18-16-31(17-19-32)25-6-4-3-5-7-25/h3-15,26H,16-20H2,1-2H3,(H,29,33). The van der Waals surface area contributed by atoms with Crippen LogP contribution in [0.4, 0.5) is 11.4 Å². The fourth-order valence-electron chi connectivity index (χ4n) is 4.28. The molecule has 33 heavy (non-hydrogen) atoms. The molecule has 0 aromatic heterocycles. The molecule has 1 aliphatic heterocycles. The van der Waals surface area contributed by atoms with E-state index >= 15 is 0 Å². The third kappa shape index (κ3) is 5.86. The van der Waals surface area contributed by atoms with Gasteiger partial charge in [0.2, 0.25) is 0 Å². The zero-order valence-corrected chi connectivity index (χ0v) is 20.0. The van der Waals surface area contributed by atoms with Crippen LogP contribution in [0.25, 0.3) is 0 Å². The Kier molecular flexibility index (Phi) is 7.53. The SMILES string of the molecule is CN(C)c1ccc(C(CNC(=O)c2ccc(Cl)cc2)N2CCN(c3ccccc3)CC2)cc1. The zero-order valence-electron chi connectivity index (χ0n) is 19.2. The lowest BCUT2D eigenvalue weighted by atomic mass is 10.0. The molecule has 1 atom stereocenters. The minimum atomic E-state index is -0.0792. The van der Waals surface area contributed by atoms with E-state index in [4.69, 9.17) is 11.6 Å². The molecule has 172 valence electrons. The molecule has 0 radical (unpaired) electrons. The van der Waals surface area contributed by atoms with E-state index in [-0.39, 0.29) is 11.9 Å². The highest BCUT2D eigenvalue weighted by atomic mass is 35.5. The van der Waals surface area contributed by atoms with Crippen molar-refractivity contribution in [2.45, 2.75) is 6.04 Å². The van der Waals surface area contributed by atoms with Crippen LogP contribution in [0.3, 0.4) is 0 Å². The van der Waals surface area contributed by atoms with Gasteiger partial charge in [0.15, 0.2) is 0 Å². The van der Waals surface area contributed by atoms with E-state index in [1.54, 1.807) is 24.3 Å². The van der Waals surface area contributed by atoms with E-state index in [0.717, 1.165) is 31.9 Å². The van der Waals surface area contributed by atoms with Crippen LogP contribution >= 0.6 is 11.6 Å². The van der Waals surface area contributed by atoms with E-state index in [9.17, 15) is 4.79 Å². The van der Waals surface area contributed by atoms with E-state index in [2.05, 4.69) is 74.6 Å². The third-order valence-electron chi connectivity index (χ3n) is 6.23. The van der Waals surface area contributed by atoms with Gasteiger partial charge in [-0.2, -0.15) is 0 Å². The number of para-hydroxylation sites is 1. The molecule has 3 aromatic rings. The summed E-state index contributed by atoms with van der Waals surface area (Å²) in [5.74, 6) is -0.0792. The summed E-state index contributed by atoms with van der Waals surface area (Å²) in [6.45, 7) is 4.34. The summed E-state index contributed by atoms with van der Waals surface area (Å²) in [4.78, 5) is 19.8. The first kappa shape index (κ1) is 23.1. The molecule has 3 aromatic carbocycles. The Bertz CT molecular complexity index is 1030. The number of piperazine rings is 1. The Hall–Kier alpha value is -3.02. The lowest BCUT2D eigenvalue weighted by Gasteiger charge is -2.40. The Balaban J connectivity index is 1.47. The maximum atomic E-state index is 12.8. The maximum absolute atomic E-state index is 12.8. The largest absolute Gasteiger partial charge is 0.378 e. The molecule has 0 spiro atoms. The summed E-state index contributed by atoms with van der Waals surface area (Å²) in [6.07, 6.45) is 0. The first-order valence-corrected chi connectivity index (χ1v) is 11.7. The number of hydrogen-bond acceptors (Lipinski definition) is 4. The van der Waals surface area contributed by atoms with Gasteiger partial charge in [-0.05, 0) is 54.1 Å². The van der Waals surface area contributed by atoms with Gasteiger partial charge in [-0.25, -0.2) is 0 Å². The van der Waals surface area contributed by atoms with Gasteiger partial charge in [0.05, 0.1) is 6.04 Å². The number of hydrogen-bond donors (Lipinski definition) is 1. The number of halogens is 1. The fraction of sp³-hybridized carbons (Fsp3) is 0.296. The van der Waals surface area contributed by atoms with Gasteiger partial charge in [0, 0.05) is 68.8 Å². The van der Waals surface area contributed by atoms with E-state index < -0.39 is 0 Å². The van der Waals surface area contributed by atoms with E-state index in [1.165, 1.54) is 11.3 Å². The molecular weight excluding hydrogens is 432 g/mol. The highest BCUT2D eigenvalue weighted by Gasteiger charge is 2.26. The molecule has 1 fully saturated rings. The minimum absolute atomic E-state index is 0.0792. The van der Waals surface area contributed by atoms with Crippen molar-refractivity contribution in [2.75, 3.05) is 56.6 Å². The second kappa shape index (κ2) is 10.7. The van der Waals surface area contributed by atoms with Gasteiger partial charge in [0.25, 0.3) is 5.91 Å². The predicted octanol–water partition coefficient (Wildman–Crippen LogP) is 4.70. The molecule has 1 saturated heterocycles. The first-order chi connectivity index (χ1) is 16.0. The van der Waals surface area contributed by atoms with Crippen molar-refractivity contribution in [3.05, 3.63) is 95.0 Å². The van der Waals surface area contributed by atoms with E-state index in [1.807, 2.05) is 14.1 Å². The molecule has 0 bridgehead atoms. The molecule has 1 N–H and O–H groups in total. The van der Waals surface area contributed by atoms with Gasteiger partial charge in [-0.15, -0.1) is 0 Å². The van der Waals surface area contributed by atoms with Crippen molar-refractivity contribution in [1.29, 1.82) is 0 Å². The number of amides is 1. The summed E-state index contributed by atoms with van der Waals surface area (Å²) in [6, 6.07) is 26.3. The van der Waals surface area contributed by atoms with Gasteiger partial charge in [0.1, 0.15) is 0 Å². The molecule has 0 aliphatic carbocycles. The topological polar surface area (TPSA) is 38.8 Å². The molecule has 0 saturated carbocycles. The summed E-state index contributed by atoms with van der Waals surface area (Å²) in [5.41, 5.74) is 4.26. The molecule has 5 nitrogen and oxygen atoms in total. The van der Waals surface area contributed by atoms with Gasteiger partial charge < -0.3 is 15.1 Å². The van der Waals surface area contributed by atoms with E-state index in [0.29, 0.717) is 17.1 Å². The van der Waals surface area contributed by atoms with Crippen LogP contribution in [-0.2, 0) is 0 Å². The van der Waals surface area contributed by atoms with Crippen molar-refractivity contribution >= 4 is 28.9 Å². The number of benzene rings is 3.